The summed E-state index contributed by atoms with van der Waals surface area (Å²) >= 11 is 6.13. The van der Waals surface area contributed by atoms with Gasteiger partial charge in [-0.2, -0.15) is 0 Å². The molecular formula is C24H25ClN2O5S. The summed E-state index contributed by atoms with van der Waals surface area (Å²) < 4.78 is 30.1. The topological polar surface area (TPSA) is 87.9 Å². The zero-order chi connectivity index (χ0) is 23.9. The van der Waals surface area contributed by atoms with E-state index in [9.17, 15) is 18.0 Å². The number of nitrogens with zero attached hydrogens (tertiary/aromatic N) is 2. The van der Waals surface area contributed by atoms with Crippen molar-refractivity contribution >= 4 is 44.0 Å². The molecule has 0 unspecified atom stereocenters. The van der Waals surface area contributed by atoms with Gasteiger partial charge in [-0.1, -0.05) is 23.7 Å². The van der Waals surface area contributed by atoms with Crippen molar-refractivity contribution in [1.29, 1.82) is 0 Å². The van der Waals surface area contributed by atoms with Gasteiger partial charge in [0, 0.05) is 43.5 Å². The SMILES string of the molecule is Cc1cc2oc(C(=O)N(Cc3ccc(N(C)C)cc3)[C@@H]3CCS(=O)(=O)C3)cc(=O)c2cc1Cl. The minimum Gasteiger partial charge on any atom is -0.451 e. The van der Waals surface area contributed by atoms with Crippen LogP contribution in [0.25, 0.3) is 11.0 Å². The Balaban J connectivity index is 1.72. The van der Waals surface area contributed by atoms with E-state index in [-0.39, 0.29) is 40.2 Å². The van der Waals surface area contributed by atoms with Crippen LogP contribution in [0.4, 0.5) is 5.69 Å². The third kappa shape index (κ3) is 4.91. The van der Waals surface area contributed by atoms with Crippen LogP contribution in [0, 0.1) is 6.92 Å². The van der Waals surface area contributed by atoms with E-state index in [0.717, 1.165) is 22.9 Å². The second-order valence-corrected chi connectivity index (χ2v) is 11.3. The summed E-state index contributed by atoms with van der Waals surface area (Å²) in [5.41, 5.74) is 2.47. The average Bonchev–Trinajstić information content (AvgIpc) is 3.12. The monoisotopic (exact) mass is 488 g/mol. The van der Waals surface area contributed by atoms with E-state index in [0.29, 0.717) is 11.4 Å². The fourth-order valence-electron chi connectivity index (χ4n) is 4.01. The summed E-state index contributed by atoms with van der Waals surface area (Å²) in [5, 5.41) is 0.726. The lowest BCUT2D eigenvalue weighted by Gasteiger charge is -2.28. The lowest BCUT2D eigenvalue weighted by Crippen LogP contribution is -2.40. The Morgan fingerprint density at radius 1 is 1.15 bits per heavy atom. The highest BCUT2D eigenvalue weighted by atomic mass is 35.5. The molecule has 0 N–H and O–H groups in total. The van der Waals surface area contributed by atoms with Gasteiger partial charge in [0.1, 0.15) is 5.58 Å². The Bertz CT molecular complexity index is 1380. The third-order valence-electron chi connectivity index (χ3n) is 5.93. The Hall–Kier alpha value is -2.84. The van der Waals surface area contributed by atoms with Crippen LogP contribution >= 0.6 is 11.6 Å². The van der Waals surface area contributed by atoms with E-state index in [2.05, 4.69) is 0 Å². The van der Waals surface area contributed by atoms with E-state index in [1.807, 2.05) is 43.3 Å². The van der Waals surface area contributed by atoms with Gasteiger partial charge in [0.25, 0.3) is 5.91 Å². The summed E-state index contributed by atoms with van der Waals surface area (Å²) in [6.45, 7) is 1.98. The largest absolute Gasteiger partial charge is 0.451 e. The standard InChI is InChI=1S/C24H25ClN2O5S/c1-15-10-22-19(11-20(15)25)21(28)12-23(32-22)24(29)27(18-8-9-33(30,31)14-18)13-16-4-6-17(7-5-16)26(2)3/h4-7,10-12,18H,8-9,13-14H2,1-3H3/t18-/m1/s1. The van der Waals surface area contributed by atoms with E-state index in [4.69, 9.17) is 16.0 Å². The quantitative estimate of drug-likeness (QED) is 0.544. The molecule has 1 saturated heterocycles. The van der Waals surface area contributed by atoms with Crippen molar-refractivity contribution in [3.05, 3.63) is 74.6 Å². The number of fused-ring (bicyclic) bond motifs is 1. The number of carbonyl (C=O) groups is 1. The number of rotatable bonds is 5. The van der Waals surface area contributed by atoms with Crippen molar-refractivity contribution in [2.75, 3.05) is 30.5 Å². The van der Waals surface area contributed by atoms with E-state index in [1.165, 1.54) is 11.0 Å². The number of benzene rings is 2. The van der Waals surface area contributed by atoms with Gasteiger partial charge in [0.15, 0.2) is 21.0 Å². The van der Waals surface area contributed by atoms with Crippen LogP contribution in [0.15, 0.2) is 51.7 Å². The maximum atomic E-state index is 13.5. The summed E-state index contributed by atoms with van der Waals surface area (Å²) in [7, 11) is 0.644. The number of anilines is 1. The predicted octanol–water partition coefficient (Wildman–Crippen LogP) is 3.65. The number of amides is 1. The van der Waals surface area contributed by atoms with Crippen LogP contribution in [-0.2, 0) is 16.4 Å². The van der Waals surface area contributed by atoms with Gasteiger partial charge in [-0.25, -0.2) is 8.42 Å². The molecule has 0 spiro atoms. The second kappa shape index (κ2) is 8.83. The Labute approximate surface area is 197 Å². The van der Waals surface area contributed by atoms with Crippen LogP contribution in [0.2, 0.25) is 5.02 Å². The molecule has 9 heteroatoms. The zero-order valence-corrected chi connectivity index (χ0v) is 20.2. The fraction of sp³-hybridized carbons (Fsp3) is 0.333. The molecule has 33 heavy (non-hydrogen) atoms. The molecule has 7 nitrogen and oxygen atoms in total. The molecule has 3 aromatic rings. The normalized spacial score (nSPS) is 17.3. The van der Waals surface area contributed by atoms with Gasteiger partial charge in [-0.15, -0.1) is 0 Å². The smallest absolute Gasteiger partial charge is 0.290 e. The fourth-order valence-corrected chi connectivity index (χ4v) is 5.90. The van der Waals surface area contributed by atoms with Gasteiger partial charge in [-0.05, 0) is 48.7 Å². The second-order valence-electron chi connectivity index (χ2n) is 8.62. The van der Waals surface area contributed by atoms with Gasteiger partial charge in [0.05, 0.1) is 16.9 Å². The van der Waals surface area contributed by atoms with Crippen LogP contribution < -0.4 is 10.3 Å². The first kappa shape index (κ1) is 23.3. The van der Waals surface area contributed by atoms with Crippen molar-refractivity contribution < 1.29 is 17.6 Å². The van der Waals surface area contributed by atoms with Crippen LogP contribution in [-0.4, -0.2) is 50.9 Å². The predicted molar refractivity (Wildman–Crippen MR) is 130 cm³/mol. The molecule has 1 aromatic heterocycles. The van der Waals surface area contributed by atoms with E-state index >= 15 is 0 Å². The van der Waals surface area contributed by atoms with Crippen LogP contribution in [0.5, 0.6) is 0 Å². The molecule has 0 radical (unpaired) electrons. The van der Waals surface area contributed by atoms with Gasteiger partial charge < -0.3 is 14.2 Å². The average molecular weight is 489 g/mol. The lowest BCUT2D eigenvalue weighted by atomic mass is 10.1. The first-order valence-corrected chi connectivity index (χ1v) is 12.8. The molecule has 1 aliphatic rings. The summed E-state index contributed by atoms with van der Waals surface area (Å²) in [4.78, 5) is 29.7. The van der Waals surface area contributed by atoms with E-state index < -0.39 is 21.8 Å². The Kier molecular flexibility index (Phi) is 6.24. The number of sulfone groups is 1. The molecule has 1 amide bonds. The van der Waals surface area contributed by atoms with Crippen molar-refractivity contribution in [2.24, 2.45) is 0 Å². The minimum atomic E-state index is -3.23. The van der Waals surface area contributed by atoms with Crippen molar-refractivity contribution in [2.45, 2.75) is 25.9 Å². The van der Waals surface area contributed by atoms with Crippen molar-refractivity contribution in [3.63, 3.8) is 0 Å². The summed E-state index contributed by atoms with van der Waals surface area (Å²) in [5.74, 6) is -0.717. The maximum absolute atomic E-state index is 13.5. The van der Waals surface area contributed by atoms with Gasteiger partial charge >= 0.3 is 0 Å². The van der Waals surface area contributed by atoms with Crippen LogP contribution in [0.1, 0.15) is 28.1 Å². The number of carbonyl (C=O) groups excluding carboxylic acids is 1. The Morgan fingerprint density at radius 3 is 2.45 bits per heavy atom. The number of aryl methyl sites for hydroxylation is 1. The highest BCUT2D eigenvalue weighted by molar-refractivity contribution is 7.91. The molecule has 1 aliphatic heterocycles. The zero-order valence-electron chi connectivity index (χ0n) is 18.7. The molecule has 4 rings (SSSR count). The highest BCUT2D eigenvalue weighted by Crippen LogP contribution is 2.26. The van der Waals surface area contributed by atoms with E-state index in [1.54, 1.807) is 13.0 Å². The molecule has 0 bridgehead atoms. The lowest BCUT2D eigenvalue weighted by molar-refractivity contribution is 0.0648. The number of halogens is 1. The van der Waals surface area contributed by atoms with Crippen molar-refractivity contribution in [3.8, 4) is 0 Å². The highest BCUT2D eigenvalue weighted by Gasteiger charge is 2.36. The first-order chi connectivity index (χ1) is 15.5. The summed E-state index contributed by atoms with van der Waals surface area (Å²) in [6.07, 6.45) is 0.344. The molecule has 1 fully saturated rings. The molecule has 1 atom stereocenters. The molecule has 2 aromatic carbocycles. The maximum Gasteiger partial charge on any atom is 0.290 e. The molecule has 2 heterocycles. The molecule has 174 valence electrons. The molecule has 0 saturated carbocycles. The van der Waals surface area contributed by atoms with Crippen molar-refractivity contribution in [1.82, 2.24) is 4.90 Å². The third-order valence-corrected chi connectivity index (χ3v) is 8.09. The molecule has 0 aliphatic carbocycles. The summed E-state index contributed by atoms with van der Waals surface area (Å²) in [6, 6.07) is 11.5. The minimum absolute atomic E-state index is 0.0282. The van der Waals surface area contributed by atoms with Gasteiger partial charge in [0.2, 0.25) is 0 Å². The number of hydrogen-bond donors (Lipinski definition) is 0. The Morgan fingerprint density at radius 2 is 1.85 bits per heavy atom. The number of hydrogen-bond acceptors (Lipinski definition) is 6. The first-order valence-electron chi connectivity index (χ1n) is 10.6. The van der Waals surface area contributed by atoms with Crippen LogP contribution in [0.3, 0.4) is 0 Å². The van der Waals surface area contributed by atoms with Gasteiger partial charge in [-0.3, -0.25) is 9.59 Å². The molecular weight excluding hydrogens is 464 g/mol.